The van der Waals surface area contributed by atoms with Gasteiger partial charge in [0.05, 0.1) is 11.3 Å². The van der Waals surface area contributed by atoms with Crippen molar-refractivity contribution in [2.45, 2.75) is 26.2 Å². The summed E-state index contributed by atoms with van der Waals surface area (Å²) in [6, 6.07) is 11.7. The molecular formula is C25H24N6O. The Hall–Kier alpha value is -3.87. The van der Waals surface area contributed by atoms with Gasteiger partial charge in [-0.2, -0.15) is 0 Å². The second-order valence-corrected chi connectivity index (χ2v) is 8.18. The zero-order chi connectivity index (χ0) is 22.1. The van der Waals surface area contributed by atoms with Crippen molar-refractivity contribution < 1.29 is 4.79 Å². The van der Waals surface area contributed by atoms with E-state index in [4.69, 9.17) is 0 Å². The van der Waals surface area contributed by atoms with E-state index >= 15 is 0 Å². The lowest BCUT2D eigenvalue weighted by molar-refractivity contribution is 0.0790. The molecule has 5 heterocycles. The van der Waals surface area contributed by atoms with Crippen molar-refractivity contribution in [3.63, 3.8) is 0 Å². The molecule has 1 aliphatic rings. The van der Waals surface area contributed by atoms with E-state index < -0.39 is 0 Å². The smallest absolute Gasteiger partial charge is 0.255 e. The lowest BCUT2D eigenvalue weighted by Crippen LogP contribution is -2.28. The van der Waals surface area contributed by atoms with Gasteiger partial charge in [0.15, 0.2) is 5.82 Å². The topological polar surface area (TPSA) is 87.7 Å². The average Bonchev–Trinajstić information content (AvgIpc) is 3.46. The van der Waals surface area contributed by atoms with Crippen LogP contribution in [0.15, 0.2) is 61.2 Å². The maximum absolute atomic E-state index is 13.2. The minimum atomic E-state index is 0.00402. The lowest BCUT2D eigenvalue weighted by atomic mass is 10.0. The molecule has 1 amide bonds. The van der Waals surface area contributed by atoms with E-state index in [1.165, 1.54) is 0 Å². The van der Waals surface area contributed by atoms with E-state index in [0.29, 0.717) is 12.1 Å². The summed E-state index contributed by atoms with van der Waals surface area (Å²) >= 11 is 0. The van der Waals surface area contributed by atoms with Gasteiger partial charge in [0.2, 0.25) is 0 Å². The molecule has 7 heteroatoms. The number of aromatic amines is 1. The summed E-state index contributed by atoms with van der Waals surface area (Å²) in [5, 5.41) is 0. The fraction of sp³-hybridized carbons (Fsp3) is 0.240. The van der Waals surface area contributed by atoms with Gasteiger partial charge in [-0.05, 0) is 56.2 Å². The van der Waals surface area contributed by atoms with E-state index in [-0.39, 0.29) is 11.8 Å². The molecule has 7 nitrogen and oxygen atoms in total. The number of rotatable bonds is 4. The molecule has 0 saturated carbocycles. The first-order valence-corrected chi connectivity index (χ1v) is 10.7. The van der Waals surface area contributed by atoms with Crippen molar-refractivity contribution in [2.24, 2.45) is 0 Å². The van der Waals surface area contributed by atoms with Gasteiger partial charge in [-0.15, -0.1) is 0 Å². The van der Waals surface area contributed by atoms with Crippen molar-refractivity contribution in [3.8, 4) is 22.6 Å². The fourth-order valence-corrected chi connectivity index (χ4v) is 4.11. The van der Waals surface area contributed by atoms with Crippen LogP contribution in [-0.4, -0.2) is 48.8 Å². The average molecular weight is 425 g/mol. The van der Waals surface area contributed by atoms with Gasteiger partial charge >= 0.3 is 0 Å². The Bertz CT molecular complexity index is 1250. The van der Waals surface area contributed by atoms with Crippen LogP contribution < -0.4 is 0 Å². The highest BCUT2D eigenvalue weighted by Gasteiger charge is 2.29. The Morgan fingerprint density at radius 2 is 1.97 bits per heavy atom. The van der Waals surface area contributed by atoms with Crippen molar-refractivity contribution >= 4 is 5.91 Å². The SMILES string of the molecule is Cc1nc(-c2cc(-c3cncc(C(=O)N4CCC(c5ccccn5)C4)c3)ccn2)[nH]c1C. The lowest BCUT2D eigenvalue weighted by Gasteiger charge is -2.17. The van der Waals surface area contributed by atoms with Crippen molar-refractivity contribution in [2.75, 3.05) is 13.1 Å². The fourth-order valence-electron chi connectivity index (χ4n) is 4.11. The van der Waals surface area contributed by atoms with Gasteiger partial charge < -0.3 is 9.88 Å². The van der Waals surface area contributed by atoms with Crippen LogP contribution in [0.25, 0.3) is 22.6 Å². The van der Waals surface area contributed by atoms with Crippen LogP contribution in [0.3, 0.4) is 0 Å². The molecule has 5 rings (SSSR count). The molecule has 1 saturated heterocycles. The van der Waals surface area contributed by atoms with Crippen LogP contribution in [0.2, 0.25) is 0 Å². The predicted molar refractivity (Wildman–Crippen MR) is 122 cm³/mol. The van der Waals surface area contributed by atoms with Gasteiger partial charge in [0, 0.05) is 60.7 Å². The number of pyridine rings is 3. The second kappa shape index (κ2) is 8.34. The highest BCUT2D eigenvalue weighted by Crippen LogP contribution is 2.28. The van der Waals surface area contributed by atoms with Crippen molar-refractivity contribution in [3.05, 3.63) is 83.8 Å². The number of amides is 1. The van der Waals surface area contributed by atoms with Gasteiger partial charge in [-0.1, -0.05) is 6.07 Å². The zero-order valence-electron chi connectivity index (χ0n) is 18.1. The number of aromatic nitrogens is 5. The second-order valence-electron chi connectivity index (χ2n) is 8.18. The summed E-state index contributed by atoms with van der Waals surface area (Å²) < 4.78 is 0. The highest BCUT2D eigenvalue weighted by atomic mass is 16.2. The summed E-state index contributed by atoms with van der Waals surface area (Å²) in [4.78, 5) is 36.1. The number of likely N-dealkylation sites (tertiary alicyclic amines) is 1. The zero-order valence-corrected chi connectivity index (χ0v) is 18.1. The van der Waals surface area contributed by atoms with E-state index in [1.54, 1.807) is 18.6 Å². The summed E-state index contributed by atoms with van der Waals surface area (Å²) in [7, 11) is 0. The molecule has 160 valence electrons. The van der Waals surface area contributed by atoms with Gasteiger partial charge in [0.1, 0.15) is 5.69 Å². The minimum Gasteiger partial charge on any atom is -0.341 e. The van der Waals surface area contributed by atoms with Crippen LogP contribution in [0.5, 0.6) is 0 Å². The number of carbonyl (C=O) groups excluding carboxylic acids is 1. The molecule has 0 bridgehead atoms. The molecule has 1 atom stereocenters. The first-order valence-electron chi connectivity index (χ1n) is 10.7. The Kier molecular flexibility index (Phi) is 5.23. The predicted octanol–water partition coefficient (Wildman–Crippen LogP) is 4.18. The van der Waals surface area contributed by atoms with E-state index in [2.05, 4.69) is 24.9 Å². The van der Waals surface area contributed by atoms with Crippen LogP contribution in [0.4, 0.5) is 0 Å². The first-order chi connectivity index (χ1) is 15.6. The third-order valence-corrected chi connectivity index (χ3v) is 6.03. The number of hydrogen-bond acceptors (Lipinski definition) is 5. The molecule has 4 aromatic heterocycles. The largest absolute Gasteiger partial charge is 0.341 e. The summed E-state index contributed by atoms with van der Waals surface area (Å²) in [5.41, 5.74) is 6.19. The monoisotopic (exact) mass is 424 g/mol. The third kappa shape index (κ3) is 3.89. The minimum absolute atomic E-state index is 0.00402. The Morgan fingerprint density at radius 1 is 1.06 bits per heavy atom. The van der Waals surface area contributed by atoms with Crippen molar-refractivity contribution in [1.29, 1.82) is 0 Å². The number of nitrogens with zero attached hydrogens (tertiary/aromatic N) is 5. The maximum atomic E-state index is 13.2. The number of carbonyl (C=O) groups is 1. The quantitative estimate of drug-likeness (QED) is 0.531. The maximum Gasteiger partial charge on any atom is 0.255 e. The third-order valence-electron chi connectivity index (χ3n) is 6.03. The Labute approximate surface area is 186 Å². The number of imidazole rings is 1. The molecule has 0 aliphatic carbocycles. The van der Waals surface area contributed by atoms with Crippen LogP contribution >= 0.6 is 0 Å². The number of nitrogens with one attached hydrogen (secondary N) is 1. The Morgan fingerprint density at radius 3 is 2.75 bits per heavy atom. The van der Waals surface area contributed by atoms with Gasteiger partial charge in [0.25, 0.3) is 5.91 Å². The van der Waals surface area contributed by atoms with Gasteiger partial charge in [-0.25, -0.2) is 4.98 Å². The first kappa shape index (κ1) is 20.1. The van der Waals surface area contributed by atoms with Crippen molar-refractivity contribution in [1.82, 2.24) is 29.8 Å². The Balaban J connectivity index is 1.37. The summed E-state index contributed by atoms with van der Waals surface area (Å²) in [6.45, 7) is 5.36. The molecular weight excluding hydrogens is 400 g/mol. The van der Waals surface area contributed by atoms with Gasteiger partial charge in [-0.3, -0.25) is 19.7 Å². The molecule has 32 heavy (non-hydrogen) atoms. The van der Waals surface area contributed by atoms with E-state index in [0.717, 1.165) is 52.7 Å². The molecule has 4 aromatic rings. The molecule has 1 N–H and O–H groups in total. The molecule has 0 aromatic carbocycles. The standard InChI is InChI=1S/C25H24N6O/c1-16-17(2)30-24(29-16)23-12-18(6-9-28-23)20-11-21(14-26-13-20)25(32)31-10-7-19(15-31)22-5-3-4-8-27-22/h3-6,8-9,11-14,19H,7,10,15H2,1-2H3,(H,29,30). The molecule has 1 fully saturated rings. The number of aryl methyl sites for hydroxylation is 2. The molecule has 0 spiro atoms. The van der Waals surface area contributed by atoms with E-state index in [9.17, 15) is 4.79 Å². The van der Waals surface area contributed by atoms with E-state index in [1.807, 2.05) is 61.3 Å². The number of hydrogen-bond donors (Lipinski definition) is 1. The molecule has 1 aliphatic heterocycles. The van der Waals surface area contributed by atoms with Crippen LogP contribution in [-0.2, 0) is 0 Å². The normalized spacial score (nSPS) is 15.8. The number of H-pyrrole nitrogens is 1. The highest BCUT2D eigenvalue weighted by molar-refractivity contribution is 5.95. The summed E-state index contributed by atoms with van der Waals surface area (Å²) in [5.74, 6) is 1.02. The molecule has 0 radical (unpaired) electrons. The summed E-state index contributed by atoms with van der Waals surface area (Å²) in [6.07, 6.45) is 7.90. The molecule has 1 unspecified atom stereocenters. The van der Waals surface area contributed by atoms with Crippen LogP contribution in [0, 0.1) is 13.8 Å². The van der Waals surface area contributed by atoms with Crippen LogP contribution in [0.1, 0.15) is 39.8 Å².